The van der Waals surface area contributed by atoms with Gasteiger partial charge in [-0.15, -0.1) is 0 Å². The molecule has 2 aromatic carbocycles. The van der Waals surface area contributed by atoms with Gasteiger partial charge in [-0.3, -0.25) is 0 Å². The van der Waals surface area contributed by atoms with Crippen LogP contribution in [-0.2, 0) is 6.54 Å². The summed E-state index contributed by atoms with van der Waals surface area (Å²) < 4.78 is 6.22. The smallest absolute Gasteiger partial charge is 0.125 e. The second-order valence-electron chi connectivity index (χ2n) is 5.31. The number of fused-ring (bicyclic) bond motifs is 1. The molecular formula is C18H21NO. The third-order valence-electron chi connectivity index (χ3n) is 3.84. The van der Waals surface area contributed by atoms with Crippen molar-refractivity contribution in [1.29, 1.82) is 0 Å². The molecule has 2 heteroatoms. The van der Waals surface area contributed by atoms with E-state index in [2.05, 4.69) is 53.9 Å². The third kappa shape index (κ3) is 2.70. The molecule has 0 spiro atoms. The van der Waals surface area contributed by atoms with Crippen molar-refractivity contribution in [1.82, 2.24) is 5.32 Å². The second kappa shape index (κ2) is 6.10. The first-order valence-electron chi connectivity index (χ1n) is 7.37. The van der Waals surface area contributed by atoms with Crippen LogP contribution in [0.5, 0.6) is 5.75 Å². The molecule has 0 radical (unpaired) electrons. The molecule has 0 aliphatic heterocycles. The van der Waals surface area contributed by atoms with E-state index < -0.39 is 0 Å². The Morgan fingerprint density at radius 3 is 2.90 bits per heavy atom. The van der Waals surface area contributed by atoms with Crippen LogP contribution in [0.2, 0.25) is 0 Å². The molecule has 20 heavy (non-hydrogen) atoms. The van der Waals surface area contributed by atoms with E-state index in [-0.39, 0.29) is 6.10 Å². The number of benzene rings is 2. The Morgan fingerprint density at radius 1 is 1.20 bits per heavy atom. The molecule has 0 saturated carbocycles. The van der Waals surface area contributed by atoms with Crippen molar-refractivity contribution >= 4 is 10.8 Å². The van der Waals surface area contributed by atoms with Gasteiger partial charge in [0, 0.05) is 12.1 Å². The van der Waals surface area contributed by atoms with Crippen molar-refractivity contribution in [3.8, 4) is 5.75 Å². The van der Waals surface area contributed by atoms with Crippen LogP contribution < -0.4 is 10.1 Å². The molecule has 0 amide bonds. The van der Waals surface area contributed by atoms with E-state index in [9.17, 15) is 0 Å². The van der Waals surface area contributed by atoms with E-state index in [1.54, 1.807) is 0 Å². The summed E-state index contributed by atoms with van der Waals surface area (Å²) >= 11 is 0. The topological polar surface area (TPSA) is 21.3 Å². The summed E-state index contributed by atoms with van der Waals surface area (Å²) in [5, 5.41) is 5.80. The van der Waals surface area contributed by atoms with Gasteiger partial charge in [-0.2, -0.15) is 0 Å². The summed E-state index contributed by atoms with van der Waals surface area (Å²) in [6.45, 7) is 0.827. The average molecular weight is 267 g/mol. The molecule has 1 atom stereocenters. The Balaban J connectivity index is 1.98. The molecule has 0 bridgehead atoms. The fraction of sp³-hybridized carbons (Fsp3) is 0.333. The van der Waals surface area contributed by atoms with Crippen molar-refractivity contribution in [2.24, 2.45) is 0 Å². The number of rotatable bonds is 4. The van der Waals surface area contributed by atoms with Gasteiger partial charge in [-0.05, 0) is 49.2 Å². The van der Waals surface area contributed by atoms with Gasteiger partial charge in [0.2, 0.25) is 0 Å². The van der Waals surface area contributed by atoms with Crippen LogP contribution in [0, 0.1) is 0 Å². The van der Waals surface area contributed by atoms with Crippen LogP contribution in [0.25, 0.3) is 10.8 Å². The minimum Gasteiger partial charge on any atom is -0.486 e. The number of nitrogens with one attached hydrogen (secondary N) is 1. The summed E-state index contributed by atoms with van der Waals surface area (Å²) in [5.41, 5.74) is 1.25. The first-order chi connectivity index (χ1) is 9.88. The molecule has 0 aromatic heterocycles. The molecule has 0 heterocycles. The molecule has 1 unspecified atom stereocenters. The zero-order chi connectivity index (χ0) is 13.8. The Morgan fingerprint density at radius 2 is 2.10 bits per heavy atom. The van der Waals surface area contributed by atoms with Gasteiger partial charge >= 0.3 is 0 Å². The highest BCUT2D eigenvalue weighted by molar-refractivity contribution is 5.87. The summed E-state index contributed by atoms with van der Waals surface area (Å²) in [6.07, 6.45) is 8.16. The molecule has 2 nitrogen and oxygen atoms in total. The maximum absolute atomic E-state index is 6.22. The highest BCUT2D eigenvalue weighted by atomic mass is 16.5. The number of ether oxygens (including phenoxy) is 1. The molecule has 2 aromatic rings. The maximum atomic E-state index is 6.22. The molecule has 0 saturated heterocycles. The normalized spacial score (nSPS) is 18.4. The predicted octanol–water partition coefficient (Wildman–Crippen LogP) is 4.05. The summed E-state index contributed by atoms with van der Waals surface area (Å²) in [5.74, 6) is 1.01. The van der Waals surface area contributed by atoms with E-state index in [1.165, 1.54) is 29.2 Å². The Labute approximate surface area is 120 Å². The monoisotopic (exact) mass is 267 g/mol. The lowest BCUT2D eigenvalue weighted by atomic mass is 10.0. The van der Waals surface area contributed by atoms with Gasteiger partial charge in [0.25, 0.3) is 0 Å². The number of hydrogen-bond donors (Lipinski definition) is 1. The third-order valence-corrected chi connectivity index (χ3v) is 3.84. The molecule has 1 N–H and O–H groups in total. The van der Waals surface area contributed by atoms with Crippen molar-refractivity contribution in [3.05, 3.63) is 54.1 Å². The fourth-order valence-electron chi connectivity index (χ4n) is 2.83. The minimum atomic E-state index is 0.223. The SMILES string of the molecule is CNCc1c(OC2C=CCCC2)ccc2ccccc12. The van der Waals surface area contributed by atoms with E-state index in [4.69, 9.17) is 4.74 Å². The maximum Gasteiger partial charge on any atom is 0.125 e. The lowest BCUT2D eigenvalue weighted by Gasteiger charge is -2.21. The molecule has 0 fully saturated rings. The molecular weight excluding hydrogens is 246 g/mol. The van der Waals surface area contributed by atoms with Crippen molar-refractivity contribution < 1.29 is 4.74 Å². The van der Waals surface area contributed by atoms with Gasteiger partial charge in [-0.1, -0.05) is 36.4 Å². The lowest BCUT2D eigenvalue weighted by Crippen LogP contribution is -2.17. The van der Waals surface area contributed by atoms with E-state index in [1.807, 2.05) is 7.05 Å². The van der Waals surface area contributed by atoms with E-state index in [0.717, 1.165) is 18.7 Å². The molecule has 1 aliphatic rings. The van der Waals surface area contributed by atoms with Crippen molar-refractivity contribution in [2.45, 2.75) is 31.9 Å². The van der Waals surface area contributed by atoms with Gasteiger partial charge < -0.3 is 10.1 Å². The highest BCUT2D eigenvalue weighted by Crippen LogP contribution is 2.30. The van der Waals surface area contributed by atoms with Gasteiger partial charge in [0.15, 0.2) is 0 Å². The number of allylic oxidation sites excluding steroid dienone is 1. The van der Waals surface area contributed by atoms with E-state index >= 15 is 0 Å². The van der Waals surface area contributed by atoms with Gasteiger partial charge in [-0.25, -0.2) is 0 Å². The van der Waals surface area contributed by atoms with Gasteiger partial charge in [0.1, 0.15) is 11.9 Å². The summed E-state index contributed by atoms with van der Waals surface area (Å²) in [4.78, 5) is 0. The summed E-state index contributed by atoms with van der Waals surface area (Å²) in [6, 6.07) is 12.7. The van der Waals surface area contributed by atoms with Crippen LogP contribution in [0.3, 0.4) is 0 Å². The molecule has 1 aliphatic carbocycles. The first-order valence-corrected chi connectivity index (χ1v) is 7.37. The van der Waals surface area contributed by atoms with Gasteiger partial charge in [0.05, 0.1) is 0 Å². The highest BCUT2D eigenvalue weighted by Gasteiger charge is 2.14. The average Bonchev–Trinajstić information content (AvgIpc) is 2.51. The Bertz CT molecular complexity index is 618. The fourth-order valence-corrected chi connectivity index (χ4v) is 2.83. The second-order valence-corrected chi connectivity index (χ2v) is 5.31. The predicted molar refractivity (Wildman–Crippen MR) is 84.1 cm³/mol. The quantitative estimate of drug-likeness (QED) is 0.844. The number of hydrogen-bond acceptors (Lipinski definition) is 2. The zero-order valence-electron chi connectivity index (χ0n) is 11.9. The van der Waals surface area contributed by atoms with Crippen LogP contribution in [0.15, 0.2) is 48.6 Å². The van der Waals surface area contributed by atoms with Crippen LogP contribution in [0.1, 0.15) is 24.8 Å². The Kier molecular flexibility index (Phi) is 4.03. The lowest BCUT2D eigenvalue weighted by molar-refractivity contribution is 0.228. The van der Waals surface area contributed by atoms with Crippen LogP contribution in [-0.4, -0.2) is 13.2 Å². The van der Waals surface area contributed by atoms with Crippen molar-refractivity contribution in [2.75, 3.05) is 7.05 Å². The zero-order valence-corrected chi connectivity index (χ0v) is 11.9. The standard InChI is InChI=1S/C18H21NO/c1-19-13-17-16-10-6-5-7-14(16)11-12-18(17)20-15-8-3-2-4-9-15/h3,5-8,10-12,15,19H,2,4,9,13H2,1H3. The van der Waals surface area contributed by atoms with Crippen molar-refractivity contribution in [3.63, 3.8) is 0 Å². The van der Waals surface area contributed by atoms with Crippen LogP contribution in [0.4, 0.5) is 0 Å². The minimum absolute atomic E-state index is 0.223. The molecule has 3 rings (SSSR count). The first kappa shape index (κ1) is 13.2. The molecule has 104 valence electrons. The van der Waals surface area contributed by atoms with E-state index in [0.29, 0.717) is 0 Å². The Hall–Kier alpha value is -1.80. The van der Waals surface area contributed by atoms with Crippen LogP contribution >= 0.6 is 0 Å². The largest absolute Gasteiger partial charge is 0.486 e. The summed E-state index contributed by atoms with van der Waals surface area (Å²) in [7, 11) is 1.98.